The minimum absolute atomic E-state index is 0. The summed E-state index contributed by atoms with van der Waals surface area (Å²) in [6.45, 7) is 4.86. The van der Waals surface area contributed by atoms with Crippen molar-refractivity contribution in [3.63, 3.8) is 0 Å². The van der Waals surface area contributed by atoms with Crippen LogP contribution in [0.3, 0.4) is 0 Å². The van der Waals surface area contributed by atoms with Crippen molar-refractivity contribution in [3.05, 3.63) is 84.7 Å². The van der Waals surface area contributed by atoms with Gasteiger partial charge in [0.1, 0.15) is 11.5 Å². The number of carbonyl (C=O) groups is 3. The molecule has 208 valence electrons. The van der Waals surface area contributed by atoms with Crippen molar-refractivity contribution in [3.8, 4) is 45.1 Å². The number of carboxylic acid groups (broad SMARTS) is 3. The SMILES string of the molecule is CC(=O)[O-].CC(=O)[O-].CC(=O)[O-].Cc1ccc(-c2ccc(-c3ccc(-c4ccccc4O)cn3)nc2)c(O)c1.[Mn+3]. The predicted octanol–water partition coefficient (Wildman–Crippen LogP) is 1.46. The third-order valence-electron chi connectivity index (χ3n) is 4.47. The number of rotatable bonds is 3. The molecule has 2 N–H and O–H groups in total. The molecule has 0 amide bonds. The van der Waals surface area contributed by atoms with Crippen LogP contribution in [0.5, 0.6) is 11.5 Å². The average Bonchev–Trinajstić information content (AvgIpc) is 2.84. The van der Waals surface area contributed by atoms with Gasteiger partial charge in [0.25, 0.3) is 0 Å². The minimum Gasteiger partial charge on any atom is -0.550 e. The largest absolute Gasteiger partial charge is 3.00 e. The van der Waals surface area contributed by atoms with Crippen molar-refractivity contribution >= 4 is 17.9 Å². The molecule has 2 heterocycles. The fourth-order valence-electron chi connectivity index (χ4n) is 3.01. The minimum atomic E-state index is -1.08. The van der Waals surface area contributed by atoms with Crippen LogP contribution in [-0.4, -0.2) is 38.1 Å². The summed E-state index contributed by atoms with van der Waals surface area (Å²) in [4.78, 5) is 35.6. The molecule has 0 fully saturated rings. The molecule has 0 aliphatic rings. The van der Waals surface area contributed by atoms with Crippen LogP contribution in [0.4, 0.5) is 0 Å². The van der Waals surface area contributed by atoms with E-state index in [2.05, 4.69) is 9.97 Å². The molecule has 0 radical (unpaired) electrons. The molecule has 40 heavy (non-hydrogen) atoms. The summed E-state index contributed by atoms with van der Waals surface area (Å²) in [6.07, 6.45) is 3.46. The number of aromatic hydroxyl groups is 2. The van der Waals surface area contributed by atoms with E-state index in [1.54, 1.807) is 30.6 Å². The first-order chi connectivity index (χ1) is 18.3. The number of carboxylic acids is 3. The Morgan fingerprint density at radius 1 is 0.625 bits per heavy atom. The van der Waals surface area contributed by atoms with Crippen LogP contribution in [0.2, 0.25) is 0 Å². The number of phenolic OH excluding ortho intramolecular Hbond substituents is 2. The molecule has 0 saturated heterocycles. The number of pyridine rings is 2. The molecule has 2 aromatic carbocycles. The normalized spacial score (nSPS) is 9.10. The molecule has 0 saturated carbocycles. The topological polar surface area (TPSA) is 187 Å². The Morgan fingerprint density at radius 2 is 1.02 bits per heavy atom. The summed E-state index contributed by atoms with van der Waals surface area (Å²) in [5.74, 6) is -2.78. The predicted molar refractivity (Wildman–Crippen MR) is 138 cm³/mol. The van der Waals surface area contributed by atoms with Gasteiger partial charge in [-0.05, 0) is 57.5 Å². The van der Waals surface area contributed by atoms with Crippen molar-refractivity contribution in [1.29, 1.82) is 0 Å². The van der Waals surface area contributed by atoms with Crippen molar-refractivity contribution in [1.82, 2.24) is 9.97 Å². The van der Waals surface area contributed by atoms with Crippen molar-refractivity contribution in [2.75, 3.05) is 0 Å². The summed E-state index contributed by atoms with van der Waals surface area (Å²) >= 11 is 0. The Labute approximate surface area is 242 Å². The molecule has 0 unspecified atom stereocenters. The number of hydrogen-bond acceptors (Lipinski definition) is 10. The summed E-state index contributed by atoms with van der Waals surface area (Å²) in [5, 5.41) is 46.8. The zero-order valence-corrected chi connectivity index (χ0v) is 23.3. The Balaban J connectivity index is 0.000000997. The molecule has 0 atom stereocenters. The van der Waals surface area contributed by atoms with Gasteiger partial charge in [-0.25, -0.2) is 0 Å². The number of para-hydroxylation sites is 1. The van der Waals surface area contributed by atoms with Gasteiger partial charge in [0.15, 0.2) is 0 Å². The summed E-state index contributed by atoms with van der Waals surface area (Å²) in [5.41, 5.74) is 5.69. The van der Waals surface area contributed by atoms with E-state index in [9.17, 15) is 10.2 Å². The van der Waals surface area contributed by atoms with E-state index in [0.29, 0.717) is 0 Å². The molecule has 4 rings (SSSR count). The number of benzene rings is 2. The van der Waals surface area contributed by atoms with E-state index in [-0.39, 0.29) is 28.6 Å². The summed E-state index contributed by atoms with van der Waals surface area (Å²) < 4.78 is 0. The summed E-state index contributed by atoms with van der Waals surface area (Å²) in [7, 11) is 0. The van der Waals surface area contributed by atoms with Gasteiger partial charge >= 0.3 is 17.1 Å². The second kappa shape index (κ2) is 17.7. The van der Waals surface area contributed by atoms with Gasteiger partial charge in [-0.15, -0.1) is 0 Å². The van der Waals surface area contributed by atoms with Gasteiger partial charge in [-0.2, -0.15) is 0 Å². The molecule has 0 spiro atoms. The molecule has 0 aliphatic carbocycles. The summed E-state index contributed by atoms with van der Waals surface area (Å²) in [6, 6.07) is 20.4. The quantitative estimate of drug-likeness (QED) is 0.333. The van der Waals surface area contributed by atoms with Crippen LogP contribution in [0, 0.1) is 6.92 Å². The molecular formula is C29H27MnN2O8. The number of hydrogen-bond donors (Lipinski definition) is 2. The Hall–Kier alpha value is -4.73. The number of aromatic nitrogens is 2. The third-order valence-corrected chi connectivity index (χ3v) is 4.47. The molecule has 2 aromatic heterocycles. The first-order valence-electron chi connectivity index (χ1n) is 11.3. The average molecular weight is 586 g/mol. The first-order valence-corrected chi connectivity index (χ1v) is 11.3. The number of phenols is 2. The Morgan fingerprint density at radius 3 is 1.38 bits per heavy atom. The van der Waals surface area contributed by atoms with Crippen LogP contribution in [0.15, 0.2) is 79.1 Å². The standard InChI is InChI=1S/C23H18N2O2.3C2H4O2.Mn/c1-15-6-9-19(23(27)12-15)17-8-11-21(25-14-17)20-10-7-16(13-24-20)18-4-2-3-5-22(18)26;3*1-2(3)4;/h2-14,26-27H,1H3;3*1H3,(H,3,4);/q;;;;+3/p-3. The molecular weight excluding hydrogens is 559 g/mol. The molecule has 4 aromatic rings. The number of aryl methyl sites for hydroxylation is 1. The Bertz CT molecular complexity index is 1350. The van der Waals surface area contributed by atoms with Gasteiger partial charge in [0.2, 0.25) is 0 Å². The van der Waals surface area contributed by atoms with E-state index < -0.39 is 17.9 Å². The van der Waals surface area contributed by atoms with Crippen LogP contribution in [-0.2, 0) is 31.5 Å². The van der Waals surface area contributed by atoms with Gasteiger partial charge < -0.3 is 39.9 Å². The Kier molecular flexibility index (Phi) is 15.6. The zero-order chi connectivity index (χ0) is 29.5. The molecule has 0 bridgehead atoms. The van der Waals surface area contributed by atoms with E-state index in [1.807, 2.05) is 55.5 Å². The van der Waals surface area contributed by atoms with Gasteiger partial charge in [-0.1, -0.05) is 42.5 Å². The zero-order valence-electron chi connectivity index (χ0n) is 22.1. The van der Waals surface area contributed by atoms with Crippen LogP contribution < -0.4 is 15.3 Å². The smallest absolute Gasteiger partial charge is 0.550 e. The van der Waals surface area contributed by atoms with E-state index >= 15 is 0 Å². The maximum Gasteiger partial charge on any atom is 3.00 e. The van der Waals surface area contributed by atoms with E-state index in [1.165, 1.54) is 0 Å². The van der Waals surface area contributed by atoms with Crippen LogP contribution >= 0.6 is 0 Å². The maximum atomic E-state index is 10.1. The first kappa shape index (κ1) is 35.3. The van der Waals surface area contributed by atoms with Crippen molar-refractivity contribution < 1.29 is 57.0 Å². The van der Waals surface area contributed by atoms with Gasteiger partial charge in [0.05, 0.1) is 11.4 Å². The number of nitrogens with zero attached hydrogens (tertiary/aromatic N) is 2. The monoisotopic (exact) mass is 586 g/mol. The third kappa shape index (κ3) is 13.2. The van der Waals surface area contributed by atoms with E-state index in [0.717, 1.165) is 60.0 Å². The van der Waals surface area contributed by atoms with Gasteiger partial charge in [-0.3, -0.25) is 9.97 Å². The van der Waals surface area contributed by atoms with Gasteiger partial charge in [0, 0.05) is 52.6 Å². The molecule has 0 aliphatic heterocycles. The second-order valence-electron chi connectivity index (χ2n) is 7.88. The molecule has 10 nitrogen and oxygen atoms in total. The number of aliphatic carboxylic acids is 3. The fraction of sp³-hybridized carbons (Fsp3) is 0.138. The van der Waals surface area contributed by atoms with Crippen molar-refractivity contribution in [2.45, 2.75) is 27.7 Å². The number of carbonyl (C=O) groups excluding carboxylic acids is 3. The molecule has 11 heteroatoms. The van der Waals surface area contributed by atoms with E-state index in [4.69, 9.17) is 29.7 Å². The second-order valence-corrected chi connectivity index (χ2v) is 7.88. The van der Waals surface area contributed by atoms with Crippen LogP contribution in [0.1, 0.15) is 26.3 Å². The maximum absolute atomic E-state index is 10.1. The van der Waals surface area contributed by atoms with Crippen LogP contribution in [0.25, 0.3) is 33.6 Å². The fourth-order valence-corrected chi connectivity index (χ4v) is 3.01. The van der Waals surface area contributed by atoms with Crippen molar-refractivity contribution in [2.24, 2.45) is 0 Å².